The lowest BCUT2D eigenvalue weighted by Crippen LogP contribution is -2.48. The van der Waals surface area contributed by atoms with E-state index in [9.17, 15) is 4.79 Å². The molecule has 0 spiro atoms. The quantitative estimate of drug-likeness (QED) is 0.829. The van der Waals surface area contributed by atoms with Gasteiger partial charge in [-0.2, -0.15) is 0 Å². The summed E-state index contributed by atoms with van der Waals surface area (Å²) in [6.07, 6.45) is 8.03. The lowest BCUT2D eigenvalue weighted by molar-refractivity contribution is -0.140. The van der Waals surface area contributed by atoms with Gasteiger partial charge in [0.2, 0.25) is 5.91 Å². The van der Waals surface area contributed by atoms with Crippen molar-refractivity contribution in [1.29, 1.82) is 0 Å². The maximum atomic E-state index is 12.8. The highest BCUT2D eigenvalue weighted by Gasteiger charge is 2.37. The standard InChI is InChI=1S/C15H28N2O2/c1-2-14-13(8-11-19-14)15(18)17(10-9-16)12-6-4-3-5-7-12/h12-14H,2-11,16H2,1H3. The third kappa shape index (κ3) is 3.48. The lowest BCUT2D eigenvalue weighted by atomic mass is 9.91. The molecule has 0 aromatic heterocycles. The molecule has 1 saturated heterocycles. The van der Waals surface area contributed by atoms with Gasteiger partial charge in [-0.05, 0) is 25.7 Å². The number of nitrogens with two attached hydrogens (primary N) is 1. The molecule has 110 valence electrons. The number of carbonyl (C=O) groups excluding carboxylic acids is 1. The van der Waals surface area contributed by atoms with Crippen LogP contribution in [-0.2, 0) is 9.53 Å². The van der Waals surface area contributed by atoms with Crippen molar-refractivity contribution < 1.29 is 9.53 Å². The number of carbonyl (C=O) groups is 1. The minimum absolute atomic E-state index is 0.0680. The van der Waals surface area contributed by atoms with Gasteiger partial charge in [-0.1, -0.05) is 26.2 Å². The van der Waals surface area contributed by atoms with E-state index < -0.39 is 0 Å². The van der Waals surface area contributed by atoms with E-state index in [1.54, 1.807) is 0 Å². The van der Waals surface area contributed by atoms with Crippen LogP contribution in [0.3, 0.4) is 0 Å². The van der Waals surface area contributed by atoms with Gasteiger partial charge in [-0.3, -0.25) is 4.79 Å². The fourth-order valence-corrected chi connectivity index (χ4v) is 3.55. The molecule has 1 aliphatic heterocycles. The lowest BCUT2D eigenvalue weighted by Gasteiger charge is -2.36. The van der Waals surface area contributed by atoms with Crippen LogP contribution in [-0.4, -0.2) is 42.6 Å². The van der Waals surface area contributed by atoms with E-state index in [2.05, 4.69) is 11.8 Å². The van der Waals surface area contributed by atoms with Crippen LogP contribution in [0.25, 0.3) is 0 Å². The molecule has 19 heavy (non-hydrogen) atoms. The first-order chi connectivity index (χ1) is 9.27. The summed E-state index contributed by atoms with van der Waals surface area (Å²) in [4.78, 5) is 14.9. The van der Waals surface area contributed by atoms with Crippen molar-refractivity contribution in [3.63, 3.8) is 0 Å². The topological polar surface area (TPSA) is 55.6 Å². The zero-order valence-corrected chi connectivity index (χ0v) is 12.1. The second-order valence-corrected chi connectivity index (χ2v) is 5.82. The summed E-state index contributed by atoms with van der Waals surface area (Å²) in [6.45, 7) is 4.10. The third-order valence-electron chi connectivity index (χ3n) is 4.60. The highest BCUT2D eigenvalue weighted by Crippen LogP contribution is 2.29. The molecule has 2 rings (SSSR count). The fraction of sp³-hybridized carbons (Fsp3) is 0.933. The van der Waals surface area contributed by atoms with Gasteiger partial charge in [0.15, 0.2) is 0 Å². The smallest absolute Gasteiger partial charge is 0.228 e. The van der Waals surface area contributed by atoms with Gasteiger partial charge in [0.25, 0.3) is 0 Å². The Bertz CT molecular complexity index is 290. The first-order valence-corrected chi connectivity index (χ1v) is 7.90. The molecule has 1 saturated carbocycles. The van der Waals surface area contributed by atoms with Gasteiger partial charge in [-0.25, -0.2) is 0 Å². The Labute approximate surface area is 116 Å². The number of rotatable bonds is 5. The van der Waals surface area contributed by atoms with Crippen LogP contribution in [0.1, 0.15) is 51.9 Å². The molecule has 4 nitrogen and oxygen atoms in total. The summed E-state index contributed by atoms with van der Waals surface area (Å²) < 4.78 is 5.67. The average molecular weight is 268 g/mol. The fourth-order valence-electron chi connectivity index (χ4n) is 3.55. The molecule has 0 radical (unpaired) electrons. The highest BCUT2D eigenvalue weighted by molar-refractivity contribution is 5.80. The zero-order chi connectivity index (χ0) is 13.7. The van der Waals surface area contributed by atoms with Crippen molar-refractivity contribution in [2.24, 2.45) is 11.7 Å². The predicted octanol–water partition coefficient (Wildman–Crippen LogP) is 1.92. The molecule has 1 aliphatic carbocycles. The maximum absolute atomic E-state index is 12.8. The van der Waals surface area contributed by atoms with E-state index in [1.165, 1.54) is 19.3 Å². The summed E-state index contributed by atoms with van der Waals surface area (Å²) in [5, 5.41) is 0. The van der Waals surface area contributed by atoms with Crippen LogP contribution in [0.2, 0.25) is 0 Å². The molecule has 4 heteroatoms. The van der Waals surface area contributed by atoms with Crippen LogP contribution in [0.15, 0.2) is 0 Å². The van der Waals surface area contributed by atoms with Crippen LogP contribution >= 0.6 is 0 Å². The number of amides is 1. The van der Waals surface area contributed by atoms with Crippen molar-refractivity contribution in [2.75, 3.05) is 19.7 Å². The van der Waals surface area contributed by atoms with Gasteiger partial charge in [0.05, 0.1) is 12.0 Å². The average Bonchev–Trinajstić information content (AvgIpc) is 2.93. The molecule has 2 unspecified atom stereocenters. The van der Waals surface area contributed by atoms with Crippen LogP contribution in [0.5, 0.6) is 0 Å². The molecule has 1 heterocycles. The van der Waals surface area contributed by atoms with E-state index in [4.69, 9.17) is 10.5 Å². The van der Waals surface area contributed by atoms with Crippen molar-refractivity contribution >= 4 is 5.91 Å². The molecular weight excluding hydrogens is 240 g/mol. The molecule has 0 bridgehead atoms. The summed E-state index contributed by atoms with van der Waals surface area (Å²) >= 11 is 0. The zero-order valence-electron chi connectivity index (χ0n) is 12.1. The summed E-state index contributed by atoms with van der Waals surface area (Å²) in [5.41, 5.74) is 5.71. The normalized spacial score (nSPS) is 28.5. The number of hydrogen-bond acceptors (Lipinski definition) is 3. The molecule has 2 atom stereocenters. The highest BCUT2D eigenvalue weighted by atomic mass is 16.5. The first-order valence-electron chi connectivity index (χ1n) is 7.90. The van der Waals surface area contributed by atoms with E-state index in [0.29, 0.717) is 25.0 Å². The van der Waals surface area contributed by atoms with Crippen LogP contribution < -0.4 is 5.73 Å². The first kappa shape index (κ1) is 14.8. The molecule has 0 aromatic carbocycles. The Hall–Kier alpha value is -0.610. The molecule has 2 fully saturated rings. The number of hydrogen-bond donors (Lipinski definition) is 1. The van der Waals surface area contributed by atoms with Crippen molar-refractivity contribution in [3.8, 4) is 0 Å². The van der Waals surface area contributed by atoms with Crippen LogP contribution in [0.4, 0.5) is 0 Å². The second-order valence-electron chi connectivity index (χ2n) is 5.82. The monoisotopic (exact) mass is 268 g/mol. The molecule has 0 aromatic rings. The summed E-state index contributed by atoms with van der Waals surface area (Å²) in [5.74, 6) is 0.361. The minimum atomic E-state index is 0.0680. The van der Waals surface area contributed by atoms with Gasteiger partial charge in [0.1, 0.15) is 0 Å². The van der Waals surface area contributed by atoms with Crippen molar-refractivity contribution in [3.05, 3.63) is 0 Å². The molecular formula is C15H28N2O2. The van der Waals surface area contributed by atoms with Gasteiger partial charge >= 0.3 is 0 Å². The third-order valence-corrected chi connectivity index (χ3v) is 4.60. The minimum Gasteiger partial charge on any atom is -0.377 e. The molecule has 2 N–H and O–H groups in total. The van der Waals surface area contributed by atoms with E-state index in [-0.39, 0.29) is 12.0 Å². The summed E-state index contributed by atoms with van der Waals surface area (Å²) in [6, 6.07) is 0.419. The number of ether oxygens (including phenoxy) is 1. The van der Waals surface area contributed by atoms with E-state index >= 15 is 0 Å². The van der Waals surface area contributed by atoms with E-state index in [1.807, 2.05) is 0 Å². The van der Waals surface area contributed by atoms with Crippen molar-refractivity contribution in [1.82, 2.24) is 4.90 Å². The second kappa shape index (κ2) is 7.25. The Morgan fingerprint density at radius 1 is 1.26 bits per heavy atom. The Morgan fingerprint density at radius 3 is 2.63 bits per heavy atom. The SMILES string of the molecule is CCC1OCCC1C(=O)N(CCN)C1CCCCC1. The molecule has 2 aliphatic rings. The Balaban J connectivity index is 2.02. The van der Waals surface area contributed by atoms with Gasteiger partial charge < -0.3 is 15.4 Å². The van der Waals surface area contributed by atoms with E-state index in [0.717, 1.165) is 32.3 Å². The largest absolute Gasteiger partial charge is 0.377 e. The van der Waals surface area contributed by atoms with Gasteiger partial charge in [0, 0.05) is 25.7 Å². The molecule has 1 amide bonds. The Morgan fingerprint density at radius 2 is 2.00 bits per heavy atom. The maximum Gasteiger partial charge on any atom is 0.228 e. The number of nitrogens with zero attached hydrogens (tertiary/aromatic N) is 1. The van der Waals surface area contributed by atoms with Crippen LogP contribution in [0, 0.1) is 5.92 Å². The van der Waals surface area contributed by atoms with Crippen molar-refractivity contribution in [2.45, 2.75) is 64.0 Å². The summed E-state index contributed by atoms with van der Waals surface area (Å²) in [7, 11) is 0. The predicted molar refractivity (Wildman–Crippen MR) is 75.8 cm³/mol. The van der Waals surface area contributed by atoms with Gasteiger partial charge in [-0.15, -0.1) is 0 Å². The Kier molecular flexibility index (Phi) is 5.64.